The van der Waals surface area contributed by atoms with Crippen LogP contribution in [0.2, 0.25) is 0 Å². The molecule has 0 aromatic rings. The van der Waals surface area contributed by atoms with Gasteiger partial charge in [-0.3, -0.25) is 4.79 Å². The first-order valence-electron chi connectivity index (χ1n) is 12.1. The van der Waals surface area contributed by atoms with Crippen molar-refractivity contribution in [3.8, 4) is 0 Å². The van der Waals surface area contributed by atoms with E-state index in [1.165, 1.54) is 0 Å². The van der Waals surface area contributed by atoms with E-state index in [0.717, 1.165) is 63.4 Å². The second-order valence-corrected chi connectivity index (χ2v) is 11.7. The Morgan fingerprint density at radius 3 is 2.60 bits per heavy atom. The SMILES string of the molecule is C=CC[C@@]1(O)CC[C@@]2(C)[C@H](CC[C@@H]3[C@@H]2CC[C@]2(C)[C@@H](C4=COC(=O)C4)CC[C@]32O)C1. The quantitative estimate of drug-likeness (QED) is 0.509. The summed E-state index contributed by atoms with van der Waals surface area (Å²) in [5.41, 5.74) is -0.106. The van der Waals surface area contributed by atoms with Crippen LogP contribution < -0.4 is 0 Å². The Kier molecular flexibility index (Phi) is 4.62. The van der Waals surface area contributed by atoms with Crippen LogP contribution in [0.1, 0.15) is 84.5 Å². The minimum absolute atomic E-state index is 0.153. The average Bonchev–Trinajstić information content (AvgIpc) is 3.23. The van der Waals surface area contributed by atoms with E-state index in [-0.39, 0.29) is 22.7 Å². The lowest BCUT2D eigenvalue weighted by atomic mass is 9.42. The van der Waals surface area contributed by atoms with Crippen LogP contribution in [0.25, 0.3) is 0 Å². The summed E-state index contributed by atoms with van der Waals surface area (Å²) in [4.78, 5) is 11.7. The Hall–Kier alpha value is -1.13. The van der Waals surface area contributed by atoms with Gasteiger partial charge in [0.2, 0.25) is 0 Å². The molecule has 0 spiro atoms. The van der Waals surface area contributed by atoms with Gasteiger partial charge in [-0.05, 0) is 98.9 Å². The molecule has 0 aromatic heterocycles. The number of carbonyl (C=O) groups is 1. The standard InChI is InChI=1S/C26H38O4/c1-4-9-25(28)13-12-23(2)18(15-25)5-6-21-20(23)7-10-24(3)19(8-11-26(21,24)29)17-14-22(27)30-16-17/h4,16,18-21,28-29H,1,5-15H2,2-3H3/t18-,19-,20+,21-,23+,24-,25-,26+/m1/s1. The number of aliphatic hydroxyl groups is 2. The van der Waals surface area contributed by atoms with Crippen LogP contribution in [0.15, 0.2) is 24.5 Å². The van der Waals surface area contributed by atoms with Gasteiger partial charge in [0.05, 0.1) is 23.9 Å². The molecule has 0 unspecified atom stereocenters. The molecular weight excluding hydrogens is 376 g/mol. The first kappa shape index (κ1) is 20.8. The molecule has 30 heavy (non-hydrogen) atoms. The highest BCUT2D eigenvalue weighted by Crippen LogP contribution is 2.70. The number of carbonyl (C=O) groups excluding carboxylic acids is 1. The lowest BCUT2D eigenvalue weighted by Gasteiger charge is -2.64. The fourth-order valence-electron chi connectivity index (χ4n) is 8.93. The highest BCUT2D eigenvalue weighted by atomic mass is 16.5. The van der Waals surface area contributed by atoms with E-state index in [4.69, 9.17) is 4.74 Å². The summed E-state index contributed by atoms with van der Waals surface area (Å²) in [6, 6.07) is 0. The minimum atomic E-state index is -0.657. The Morgan fingerprint density at radius 1 is 1.10 bits per heavy atom. The largest absolute Gasteiger partial charge is 0.434 e. The number of hydrogen-bond donors (Lipinski definition) is 2. The molecule has 4 nitrogen and oxygen atoms in total. The fourth-order valence-corrected chi connectivity index (χ4v) is 8.93. The molecule has 0 aromatic carbocycles. The van der Waals surface area contributed by atoms with Gasteiger partial charge in [-0.15, -0.1) is 6.58 Å². The molecule has 1 aliphatic heterocycles. The molecular formula is C26H38O4. The molecule has 4 fully saturated rings. The Balaban J connectivity index is 1.42. The maximum Gasteiger partial charge on any atom is 0.314 e. The van der Waals surface area contributed by atoms with Crippen molar-refractivity contribution in [2.24, 2.45) is 34.5 Å². The van der Waals surface area contributed by atoms with E-state index < -0.39 is 11.2 Å². The van der Waals surface area contributed by atoms with Gasteiger partial charge in [-0.2, -0.15) is 0 Å². The molecule has 4 heteroatoms. The molecule has 5 aliphatic rings. The van der Waals surface area contributed by atoms with Crippen molar-refractivity contribution in [3.05, 3.63) is 24.5 Å². The zero-order valence-corrected chi connectivity index (χ0v) is 18.7. The van der Waals surface area contributed by atoms with E-state index in [9.17, 15) is 15.0 Å². The average molecular weight is 415 g/mol. The summed E-state index contributed by atoms with van der Waals surface area (Å²) in [5, 5.41) is 23.3. The third-order valence-corrected chi connectivity index (χ3v) is 10.7. The van der Waals surface area contributed by atoms with E-state index in [1.807, 2.05) is 6.08 Å². The first-order chi connectivity index (χ1) is 14.2. The van der Waals surface area contributed by atoms with Gasteiger partial charge in [0.1, 0.15) is 0 Å². The summed E-state index contributed by atoms with van der Waals surface area (Å²) in [6.07, 6.45) is 13.5. The van der Waals surface area contributed by atoms with Crippen LogP contribution in [0, 0.1) is 34.5 Å². The molecule has 1 heterocycles. The van der Waals surface area contributed by atoms with Gasteiger partial charge in [-0.1, -0.05) is 19.9 Å². The first-order valence-corrected chi connectivity index (χ1v) is 12.1. The second-order valence-electron chi connectivity index (χ2n) is 11.7. The van der Waals surface area contributed by atoms with Crippen LogP contribution in [-0.2, 0) is 9.53 Å². The molecule has 4 saturated carbocycles. The topological polar surface area (TPSA) is 66.8 Å². The van der Waals surface area contributed by atoms with Crippen LogP contribution >= 0.6 is 0 Å². The lowest BCUT2D eigenvalue weighted by molar-refractivity contribution is -0.214. The number of rotatable bonds is 3. The third kappa shape index (κ3) is 2.68. The Labute approximate surface area is 180 Å². The Bertz CT molecular complexity index is 788. The monoisotopic (exact) mass is 414 g/mol. The maximum absolute atomic E-state index is 12.2. The van der Waals surface area contributed by atoms with E-state index in [0.29, 0.717) is 30.6 Å². The highest BCUT2D eigenvalue weighted by Gasteiger charge is 2.68. The van der Waals surface area contributed by atoms with Gasteiger partial charge in [0, 0.05) is 5.41 Å². The van der Waals surface area contributed by atoms with Crippen molar-refractivity contribution >= 4 is 5.97 Å². The van der Waals surface area contributed by atoms with E-state index in [1.54, 1.807) is 6.26 Å². The van der Waals surface area contributed by atoms with E-state index >= 15 is 0 Å². The summed E-state index contributed by atoms with van der Waals surface area (Å²) >= 11 is 0. The van der Waals surface area contributed by atoms with E-state index in [2.05, 4.69) is 20.4 Å². The van der Waals surface area contributed by atoms with Crippen LogP contribution in [0.4, 0.5) is 0 Å². The van der Waals surface area contributed by atoms with Crippen molar-refractivity contribution in [1.82, 2.24) is 0 Å². The number of cyclic esters (lactones) is 1. The molecule has 2 N–H and O–H groups in total. The normalized spacial score (nSPS) is 52.7. The van der Waals surface area contributed by atoms with Crippen molar-refractivity contribution in [2.45, 2.75) is 95.7 Å². The summed E-state index contributed by atoms with van der Waals surface area (Å²) in [7, 11) is 0. The van der Waals surface area contributed by atoms with Crippen LogP contribution in [0.3, 0.4) is 0 Å². The van der Waals surface area contributed by atoms with Crippen molar-refractivity contribution in [1.29, 1.82) is 0 Å². The number of esters is 1. The summed E-state index contributed by atoms with van der Waals surface area (Å²) in [6.45, 7) is 8.59. The summed E-state index contributed by atoms with van der Waals surface area (Å²) in [5.74, 6) is 1.49. The van der Waals surface area contributed by atoms with Crippen LogP contribution in [0.5, 0.6) is 0 Å². The van der Waals surface area contributed by atoms with Crippen LogP contribution in [-0.4, -0.2) is 27.4 Å². The fraction of sp³-hybridized carbons (Fsp3) is 0.808. The molecule has 0 amide bonds. The van der Waals surface area contributed by atoms with Gasteiger partial charge in [0.25, 0.3) is 0 Å². The molecule has 5 rings (SSSR count). The molecule has 166 valence electrons. The molecule has 0 radical (unpaired) electrons. The second kappa shape index (κ2) is 6.68. The van der Waals surface area contributed by atoms with Crippen molar-refractivity contribution < 1.29 is 19.7 Å². The zero-order valence-electron chi connectivity index (χ0n) is 18.7. The maximum atomic E-state index is 12.2. The zero-order chi connectivity index (χ0) is 21.4. The van der Waals surface area contributed by atoms with Gasteiger partial charge >= 0.3 is 5.97 Å². The number of hydrogen-bond acceptors (Lipinski definition) is 4. The molecule has 0 saturated heterocycles. The predicted molar refractivity (Wildman–Crippen MR) is 115 cm³/mol. The molecule has 4 aliphatic carbocycles. The van der Waals surface area contributed by atoms with Gasteiger partial charge in [0.15, 0.2) is 0 Å². The Morgan fingerprint density at radius 2 is 1.90 bits per heavy atom. The highest BCUT2D eigenvalue weighted by molar-refractivity contribution is 5.76. The smallest absolute Gasteiger partial charge is 0.314 e. The van der Waals surface area contributed by atoms with Gasteiger partial charge in [-0.25, -0.2) is 0 Å². The summed E-state index contributed by atoms with van der Waals surface area (Å²) < 4.78 is 5.15. The predicted octanol–water partition coefficient (Wildman–Crippen LogP) is 4.90. The van der Waals surface area contributed by atoms with Crippen molar-refractivity contribution in [3.63, 3.8) is 0 Å². The third-order valence-electron chi connectivity index (χ3n) is 10.7. The number of fused-ring (bicyclic) bond motifs is 5. The van der Waals surface area contributed by atoms with Crippen molar-refractivity contribution in [2.75, 3.05) is 0 Å². The molecule has 8 atom stereocenters. The van der Waals surface area contributed by atoms with Gasteiger partial charge < -0.3 is 14.9 Å². The minimum Gasteiger partial charge on any atom is -0.434 e. The number of ether oxygens (including phenoxy) is 1. The lowest BCUT2D eigenvalue weighted by Crippen LogP contribution is -2.63. The molecule has 0 bridgehead atoms.